The molecule has 0 aromatic carbocycles. The molecule has 0 saturated carbocycles. The third-order valence-corrected chi connectivity index (χ3v) is 4.78. The molecule has 0 amide bonds. The van der Waals surface area contributed by atoms with Gasteiger partial charge in [0.2, 0.25) is 5.43 Å². The average Bonchev–Trinajstić information content (AvgIpc) is 2.51. The highest BCUT2D eigenvalue weighted by molar-refractivity contribution is 9.10. The first-order valence-corrected chi connectivity index (χ1v) is 8.03. The van der Waals surface area contributed by atoms with Gasteiger partial charge in [0.05, 0.1) is 24.7 Å². The first-order chi connectivity index (χ1) is 11.1. The molecule has 7 heteroatoms. The third kappa shape index (κ3) is 2.39. The summed E-state index contributed by atoms with van der Waals surface area (Å²) in [5.41, 5.74) is -0.266. The summed E-state index contributed by atoms with van der Waals surface area (Å²) in [4.78, 5) is 23.2. The summed E-state index contributed by atoms with van der Waals surface area (Å²) in [6, 6.07) is 0. The Morgan fingerprint density at radius 1 is 1.52 bits per heavy atom. The van der Waals surface area contributed by atoms with Crippen LogP contribution in [-0.4, -0.2) is 30.0 Å². The van der Waals surface area contributed by atoms with Gasteiger partial charge in [-0.2, -0.15) is 0 Å². The van der Waals surface area contributed by atoms with Crippen molar-refractivity contribution in [2.75, 3.05) is 13.7 Å². The summed E-state index contributed by atoms with van der Waals surface area (Å²) in [7, 11) is 1.47. The fraction of sp³-hybridized carbons (Fsp3) is 0.438. The van der Waals surface area contributed by atoms with Crippen LogP contribution in [0.4, 0.5) is 0 Å². The van der Waals surface area contributed by atoms with Crippen LogP contribution in [0.2, 0.25) is 0 Å². The molecule has 3 atom stereocenters. The van der Waals surface area contributed by atoms with Crippen LogP contribution in [0.25, 0.3) is 0 Å². The predicted octanol–water partition coefficient (Wildman–Crippen LogP) is 2.52. The summed E-state index contributed by atoms with van der Waals surface area (Å²) >= 11 is 3.28. The van der Waals surface area contributed by atoms with Crippen LogP contribution in [0, 0.1) is 0 Å². The molecule has 0 radical (unpaired) electrons. The molecular weight excluding hydrogens is 366 g/mol. The Morgan fingerprint density at radius 2 is 2.30 bits per heavy atom. The van der Waals surface area contributed by atoms with Crippen LogP contribution in [0.3, 0.4) is 0 Å². The number of halogens is 1. The van der Waals surface area contributed by atoms with E-state index in [9.17, 15) is 4.79 Å². The molecule has 23 heavy (non-hydrogen) atoms. The Bertz CT molecular complexity index is 700. The Balaban J connectivity index is 2.12. The number of nitrogens with zero attached hydrogens (tertiary/aromatic N) is 1. The molecule has 1 fully saturated rings. The van der Waals surface area contributed by atoms with Gasteiger partial charge in [0, 0.05) is 12.6 Å². The van der Waals surface area contributed by atoms with Gasteiger partial charge in [-0.15, -0.1) is 13.2 Å². The highest BCUT2D eigenvalue weighted by Gasteiger charge is 2.62. The van der Waals surface area contributed by atoms with Crippen molar-refractivity contribution in [2.45, 2.75) is 30.8 Å². The maximum atomic E-state index is 12.3. The lowest BCUT2D eigenvalue weighted by atomic mass is 9.80. The van der Waals surface area contributed by atoms with Crippen LogP contribution >= 0.6 is 15.9 Å². The quantitative estimate of drug-likeness (QED) is 0.557. The number of pyridine rings is 1. The van der Waals surface area contributed by atoms with Gasteiger partial charge in [-0.3, -0.25) is 4.79 Å². The highest BCUT2D eigenvalue weighted by atomic mass is 79.9. The van der Waals surface area contributed by atoms with E-state index in [1.54, 1.807) is 18.3 Å². The number of hydrogen-bond donors (Lipinski definition) is 0. The number of ether oxygens (including phenoxy) is 2. The molecule has 3 rings (SSSR count). The Hall–Kier alpha value is -1.41. The van der Waals surface area contributed by atoms with E-state index >= 15 is 0 Å². The molecule has 2 aliphatic heterocycles. The summed E-state index contributed by atoms with van der Waals surface area (Å²) in [6.07, 6.45) is 4.99. The average molecular weight is 384 g/mol. The first kappa shape index (κ1) is 16.4. The van der Waals surface area contributed by atoms with Crippen molar-refractivity contribution in [2.24, 2.45) is 0 Å². The van der Waals surface area contributed by atoms with Gasteiger partial charge in [-0.05, 0) is 15.9 Å². The topological polar surface area (TPSA) is 58.9 Å². The minimum atomic E-state index is -0.710. The number of methoxy groups -OCH3 is 1. The lowest BCUT2D eigenvalue weighted by molar-refractivity contribution is -0.536. The SMILES string of the molecule is C=CCOC1Cn2cc(Br)c(=O)c(OC)c2C2OOC12CC=C. The normalized spacial score (nSPS) is 28.3. The Kier molecular flexibility index (Phi) is 4.46. The van der Waals surface area contributed by atoms with E-state index in [1.807, 2.05) is 4.57 Å². The smallest absolute Gasteiger partial charge is 0.237 e. The van der Waals surface area contributed by atoms with Gasteiger partial charge >= 0.3 is 0 Å². The van der Waals surface area contributed by atoms with E-state index in [1.165, 1.54) is 7.11 Å². The van der Waals surface area contributed by atoms with Crippen molar-refractivity contribution in [3.05, 3.63) is 51.9 Å². The minimum absolute atomic E-state index is 0.216. The van der Waals surface area contributed by atoms with Crippen molar-refractivity contribution < 1.29 is 19.2 Å². The zero-order valence-electron chi connectivity index (χ0n) is 12.8. The second-order valence-corrected chi connectivity index (χ2v) is 6.35. The molecule has 0 aliphatic carbocycles. The molecule has 1 aromatic rings. The highest BCUT2D eigenvalue weighted by Crippen LogP contribution is 2.53. The second kappa shape index (κ2) is 6.24. The fourth-order valence-corrected chi connectivity index (χ4v) is 3.59. The zero-order chi connectivity index (χ0) is 16.6. The van der Waals surface area contributed by atoms with Gasteiger partial charge in [-0.25, -0.2) is 9.78 Å². The molecule has 2 aliphatic rings. The van der Waals surface area contributed by atoms with E-state index < -0.39 is 11.7 Å². The predicted molar refractivity (Wildman–Crippen MR) is 87.3 cm³/mol. The molecule has 0 spiro atoms. The van der Waals surface area contributed by atoms with Crippen LogP contribution in [0.15, 0.2) is 40.8 Å². The van der Waals surface area contributed by atoms with Crippen LogP contribution in [0.5, 0.6) is 5.75 Å². The van der Waals surface area contributed by atoms with Gasteiger partial charge in [-0.1, -0.05) is 12.2 Å². The summed E-state index contributed by atoms with van der Waals surface area (Å²) in [6.45, 7) is 8.38. The van der Waals surface area contributed by atoms with E-state index in [0.29, 0.717) is 29.7 Å². The summed E-state index contributed by atoms with van der Waals surface area (Å²) < 4.78 is 13.6. The number of aromatic nitrogens is 1. The molecule has 124 valence electrons. The Morgan fingerprint density at radius 3 is 2.87 bits per heavy atom. The number of hydrogen-bond acceptors (Lipinski definition) is 5. The standard InChI is InChI=1S/C16H18BrNO5/c1-4-6-16-11(21-7-5-2)9-18-8-10(17)13(19)14(20-3)12(18)15(16)22-23-16/h4-5,8,11,15H,1-2,6-7,9H2,3H3. The minimum Gasteiger partial charge on any atom is -0.491 e. The van der Waals surface area contributed by atoms with Gasteiger partial charge in [0.1, 0.15) is 11.8 Å². The molecular formula is C16H18BrNO5. The number of fused-ring (bicyclic) bond motifs is 3. The lowest BCUT2D eigenvalue weighted by Crippen LogP contribution is -2.63. The molecule has 6 nitrogen and oxygen atoms in total. The summed E-state index contributed by atoms with van der Waals surface area (Å²) in [5, 5.41) is 0. The largest absolute Gasteiger partial charge is 0.491 e. The van der Waals surface area contributed by atoms with Gasteiger partial charge in [0.25, 0.3) is 0 Å². The molecule has 0 bridgehead atoms. The van der Waals surface area contributed by atoms with E-state index in [4.69, 9.17) is 19.2 Å². The van der Waals surface area contributed by atoms with Crippen LogP contribution < -0.4 is 10.2 Å². The molecule has 1 aromatic heterocycles. The van der Waals surface area contributed by atoms with Crippen molar-refractivity contribution in [3.8, 4) is 5.75 Å². The van der Waals surface area contributed by atoms with E-state index in [2.05, 4.69) is 29.1 Å². The van der Waals surface area contributed by atoms with Crippen LogP contribution in [-0.2, 0) is 21.1 Å². The molecule has 3 heterocycles. The van der Waals surface area contributed by atoms with Crippen LogP contribution in [0.1, 0.15) is 18.2 Å². The van der Waals surface area contributed by atoms with Crippen molar-refractivity contribution in [1.82, 2.24) is 4.57 Å². The van der Waals surface area contributed by atoms with Gasteiger partial charge in [0.15, 0.2) is 17.5 Å². The third-order valence-electron chi connectivity index (χ3n) is 4.22. The molecule has 1 saturated heterocycles. The van der Waals surface area contributed by atoms with Crippen molar-refractivity contribution >= 4 is 15.9 Å². The Labute approximate surface area is 142 Å². The maximum absolute atomic E-state index is 12.3. The summed E-state index contributed by atoms with van der Waals surface area (Å²) in [5.74, 6) is 0.253. The van der Waals surface area contributed by atoms with E-state index in [0.717, 1.165) is 0 Å². The monoisotopic (exact) mass is 383 g/mol. The van der Waals surface area contributed by atoms with Crippen molar-refractivity contribution in [3.63, 3.8) is 0 Å². The second-order valence-electron chi connectivity index (χ2n) is 5.50. The van der Waals surface area contributed by atoms with E-state index in [-0.39, 0.29) is 17.3 Å². The number of rotatable bonds is 6. The molecule has 0 N–H and O–H groups in total. The molecule has 3 unspecified atom stereocenters. The lowest BCUT2D eigenvalue weighted by Gasteiger charge is -2.54. The first-order valence-electron chi connectivity index (χ1n) is 7.23. The maximum Gasteiger partial charge on any atom is 0.237 e. The fourth-order valence-electron chi connectivity index (χ4n) is 3.17. The van der Waals surface area contributed by atoms with Crippen molar-refractivity contribution in [1.29, 1.82) is 0 Å². The zero-order valence-corrected chi connectivity index (χ0v) is 14.4. The van der Waals surface area contributed by atoms with Gasteiger partial charge < -0.3 is 14.0 Å².